The zero-order chi connectivity index (χ0) is 20.5. The molecule has 0 radical (unpaired) electrons. The van der Waals surface area contributed by atoms with Gasteiger partial charge in [-0.2, -0.15) is 5.10 Å². The van der Waals surface area contributed by atoms with Crippen molar-refractivity contribution in [1.82, 2.24) is 5.43 Å². The molecule has 0 fully saturated rings. The lowest BCUT2D eigenvalue weighted by atomic mass is 10.2. The molecule has 0 spiro atoms. The minimum Gasteiger partial charge on any atom is -0.493 e. The number of hydrogen-bond donors (Lipinski definition) is 1. The number of methoxy groups -OCH3 is 2. The highest BCUT2D eigenvalue weighted by atomic mass is 79.9. The van der Waals surface area contributed by atoms with Gasteiger partial charge in [0.05, 0.1) is 38.1 Å². The molecular weight excluding hydrogens is 428 g/mol. The van der Waals surface area contributed by atoms with Gasteiger partial charge < -0.3 is 18.9 Å². The Hall–Kier alpha value is -2.74. The van der Waals surface area contributed by atoms with Crippen molar-refractivity contribution < 1.29 is 23.7 Å². The highest BCUT2D eigenvalue weighted by molar-refractivity contribution is 9.10. The van der Waals surface area contributed by atoms with Crippen LogP contribution in [-0.4, -0.2) is 39.6 Å². The number of carbonyl (C=O) groups excluding carboxylic acids is 1. The van der Waals surface area contributed by atoms with E-state index in [1.165, 1.54) is 13.3 Å². The van der Waals surface area contributed by atoms with Gasteiger partial charge in [-0.1, -0.05) is 0 Å². The van der Waals surface area contributed by atoms with E-state index in [1.54, 1.807) is 31.4 Å². The highest BCUT2D eigenvalue weighted by Gasteiger charge is 2.12. The molecule has 150 valence electrons. The van der Waals surface area contributed by atoms with E-state index in [0.717, 1.165) is 10.0 Å². The summed E-state index contributed by atoms with van der Waals surface area (Å²) in [6.45, 7) is 4.77. The maximum absolute atomic E-state index is 12.3. The first-order valence-electron chi connectivity index (χ1n) is 8.68. The average molecular weight is 451 g/mol. The minimum atomic E-state index is -0.366. The van der Waals surface area contributed by atoms with Crippen molar-refractivity contribution in [2.24, 2.45) is 5.10 Å². The molecule has 0 bridgehead atoms. The van der Waals surface area contributed by atoms with E-state index in [9.17, 15) is 4.79 Å². The molecule has 0 saturated carbocycles. The number of ether oxygens (including phenoxy) is 4. The van der Waals surface area contributed by atoms with Crippen molar-refractivity contribution in [2.45, 2.75) is 13.8 Å². The Labute approximate surface area is 172 Å². The molecule has 1 amide bonds. The number of hydrazone groups is 1. The van der Waals surface area contributed by atoms with Crippen LogP contribution in [0, 0.1) is 0 Å². The molecule has 0 unspecified atom stereocenters. The van der Waals surface area contributed by atoms with Gasteiger partial charge in [-0.3, -0.25) is 4.79 Å². The molecule has 0 atom stereocenters. The van der Waals surface area contributed by atoms with Gasteiger partial charge in [-0.25, -0.2) is 5.43 Å². The zero-order valence-electron chi connectivity index (χ0n) is 16.2. The van der Waals surface area contributed by atoms with Crippen molar-refractivity contribution in [2.75, 3.05) is 27.4 Å². The van der Waals surface area contributed by atoms with Crippen LogP contribution in [0.3, 0.4) is 0 Å². The number of rotatable bonds is 9. The molecular formula is C20H23BrN2O5. The Balaban J connectivity index is 2.13. The summed E-state index contributed by atoms with van der Waals surface area (Å²) < 4.78 is 22.3. The molecule has 28 heavy (non-hydrogen) atoms. The molecule has 0 heterocycles. The summed E-state index contributed by atoms with van der Waals surface area (Å²) in [7, 11) is 3.09. The lowest BCUT2D eigenvalue weighted by molar-refractivity contribution is 0.0954. The van der Waals surface area contributed by atoms with Crippen LogP contribution in [0.4, 0.5) is 0 Å². The van der Waals surface area contributed by atoms with E-state index < -0.39 is 0 Å². The SMILES string of the molecule is CCOc1ccc(C(=O)N/N=C/c2cc(Br)c(OC)c(OCC)c2)cc1OC. The first-order chi connectivity index (χ1) is 13.5. The van der Waals surface area contributed by atoms with Crippen LogP contribution in [0.15, 0.2) is 39.9 Å². The van der Waals surface area contributed by atoms with E-state index in [4.69, 9.17) is 18.9 Å². The molecule has 0 aliphatic rings. The number of benzene rings is 2. The van der Waals surface area contributed by atoms with E-state index >= 15 is 0 Å². The van der Waals surface area contributed by atoms with Gasteiger partial charge in [-0.05, 0) is 65.7 Å². The summed E-state index contributed by atoms with van der Waals surface area (Å²) >= 11 is 3.44. The predicted molar refractivity (Wildman–Crippen MR) is 111 cm³/mol. The number of nitrogens with one attached hydrogen (secondary N) is 1. The summed E-state index contributed by atoms with van der Waals surface area (Å²) in [5.74, 6) is 1.89. The van der Waals surface area contributed by atoms with E-state index in [1.807, 2.05) is 19.9 Å². The summed E-state index contributed by atoms with van der Waals surface area (Å²) in [6.07, 6.45) is 1.52. The van der Waals surface area contributed by atoms with Crippen molar-refractivity contribution in [3.63, 3.8) is 0 Å². The fourth-order valence-corrected chi connectivity index (χ4v) is 3.06. The molecule has 0 saturated heterocycles. The minimum absolute atomic E-state index is 0.366. The Kier molecular flexibility index (Phi) is 8.13. The monoisotopic (exact) mass is 450 g/mol. The number of hydrogen-bond acceptors (Lipinski definition) is 6. The van der Waals surface area contributed by atoms with Crippen LogP contribution in [0.2, 0.25) is 0 Å². The summed E-state index contributed by atoms with van der Waals surface area (Å²) in [5, 5.41) is 4.02. The normalized spacial score (nSPS) is 10.6. The third-order valence-corrected chi connectivity index (χ3v) is 4.23. The Morgan fingerprint density at radius 1 is 1.04 bits per heavy atom. The van der Waals surface area contributed by atoms with E-state index in [-0.39, 0.29) is 5.91 Å². The zero-order valence-corrected chi connectivity index (χ0v) is 17.8. The number of amides is 1. The van der Waals surface area contributed by atoms with Gasteiger partial charge >= 0.3 is 0 Å². The largest absolute Gasteiger partial charge is 0.493 e. The van der Waals surface area contributed by atoms with Crippen molar-refractivity contribution in [3.05, 3.63) is 45.9 Å². The lowest BCUT2D eigenvalue weighted by Crippen LogP contribution is -2.17. The summed E-state index contributed by atoms with van der Waals surface area (Å²) in [5.41, 5.74) is 3.64. The maximum atomic E-state index is 12.3. The molecule has 0 aliphatic carbocycles. The smallest absolute Gasteiger partial charge is 0.271 e. The molecule has 2 rings (SSSR count). The van der Waals surface area contributed by atoms with Gasteiger partial charge in [0, 0.05) is 5.56 Å². The number of nitrogens with zero attached hydrogens (tertiary/aromatic N) is 1. The second-order valence-corrected chi connectivity index (χ2v) is 6.32. The van der Waals surface area contributed by atoms with Crippen LogP contribution < -0.4 is 24.4 Å². The fourth-order valence-electron chi connectivity index (χ4n) is 2.44. The number of halogens is 1. The highest BCUT2D eigenvalue weighted by Crippen LogP contribution is 2.36. The topological polar surface area (TPSA) is 78.4 Å². The average Bonchev–Trinajstić information content (AvgIpc) is 2.68. The van der Waals surface area contributed by atoms with Crippen molar-refractivity contribution in [1.29, 1.82) is 0 Å². The molecule has 0 aromatic heterocycles. The predicted octanol–water partition coefficient (Wildman–Crippen LogP) is 4.03. The van der Waals surface area contributed by atoms with Crippen LogP contribution in [0.1, 0.15) is 29.8 Å². The first kappa shape index (κ1) is 21.6. The van der Waals surface area contributed by atoms with Crippen molar-refractivity contribution in [3.8, 4) is 23.0 Å². The van der Waals surface area contributed by atoms with Crippen molar-refractivity contribution >= 4 is 28.1 Å². The standard InChI is InChI=1S/C20H23BrN2O5/c1-5-27-16-8-7-14(11-17(16)25-3)20(24)23-22-12-13-9-15(21)19(26-4)18(10-13)28-6-2/h7-12H,5-6H2,1-4H3,(H,23,24)/b22-12+. The van der Waals surface area contributed by atoms with Gasteiger partial charge in [0.25, 0.3) is 5.91 Å². The molecule has 2 aromatic rings. The van der Waals surface area contributed by atoms with Gasteiger partial charge in [0.1, 0.15) is 0 Å². The Morgan fingerprint density at radius 2 is 1.75 bits per heavy atom. The summed E-state index contributed by atoms with van der Waals surface area (Å²) in [4.78, 5) is 12.3. The molecule has 2 aromatic carbocycles. The van der Waals surface area contributed by atoms with Crippen LogP contribution in [-0.2, 0) is 0 Å². The quantitative estimate of drug-likeness (QED) is 0.460. The van der Waals surface area contributed by atoms with Crippen LogP contribution in [0.25, 0.3) is 0 Å². The van der Waals surface area contributed by atoms with Gasteiger partial charge in [0.15, 0.2) is 23.0 Å². The second kappa shape index (κ2) is 10.6. The first-order valence-corrected chi connectivity index (χ1v) is 9.47. The fraction of sp³-hybridized carbons (Fsp3) is 0.300. The molecule has 7 nitrogen and oxygen atoms in total. The van der Waals surface area contributed by atoms with E-state index in [0.29, 0.717) is 41.8 Å². The van der Waals surface area contributed by atoms with Crippen LogP contribution in [0.5, 0.6) is 23.0 Å². The van der Waals surface area contributed by atoms with Crippen LogP contribution >= 0.6 is 15.9 Å². The van der Waals surface area contributed by atoms with Gasteiger partial charge in [0.2, 0.25) is 0 Å². The number of carbonyl (C=O) groups is 1. The van der Waals surface area contributed by atoms with Gasteiger partial charge in [-0.15, -0.1) is 0 Å². The molecule has 8 heteroatoms. The Bertz CT molecular complexity index is 855. The Morgan fingerprint density at radius 3 is 2.39 bits per heavy atom. The summed E-state index contributed by atoms with van der Waals surface area (Å²) in [6, 6.07) is 8.54. The second-order valence-electron chi connectivity index (χ2n) is 5.46. The van der Waals surface area contributed by atoms with E-state index in [2.05, 4.69) is 26.5 Å². The molecule has 0 aliphatic heterocycles. The molecule has 1 N–H and O–H groups in total. The third kappa shape index (κ3) is 5.39. The maximum Gasteiger partial charge on any atom is 0.271 e. The lowest BCUT2D eigenvalue weighted by Gasteiger charge is -2.12. The third-order valence-electron chi connectivity index (χ3n) is 3.64.